The minimum absolute atomic E-state index is 0.0475. The Kier molecular flexibility index (Phi) is 4.53. The van der Waals surface area contributed by atoms with Gasteiger partial charge in [-0.25, -0.2) is 0 Å². The van der Waals surface area contributed by atoms with Gasteiger partial charge in [-0.2, -0.15) is 0 Å². The molecule has 3 nitrogen and oxygen atoms in total. The first-order valence-electron chi connectivity index (χ1n) is 4.73. The topological polar surface area (TPSA) is 49.3 Å². The molecule has 0 heterocycles. The fraction of sp³-hybridized carbons (Fsp3) is 0.364. The summed E-state index contributed by atoms with van der Waals surface area (Å²) < 4.78 is 0.956. The van der Waals surface area contributed by atoms with E-state index in [-0.39, 0.29) is 18.6 Å². The number of halogens is 1. The standard InChI is InChI=1S/C11H14INO2/c1-7-4-3-5-9(10(7)12)11(15)13-8(2)6-14/h3-5,8,14H,6H2,1-2H3,(H,13,15)/t8-/m1/s1. The van der Waals surface area contributed by atoms with Crippen molar-refractivity contribution >= 4 is 28.5 Å². The Morgan fingerprint density at radius 3 is 2.87 bits per heavy atom. The van der Waals surface area contributed by atoms with E-state index in [2.05, 4.69) is 27.9 Å². The molecule has 1 atom stereocenters. The van der Waals surface area contributed by atoms with Gasteiger partial charge in [0.1, 0.15) is 0 Å². The molecule has 1 rings (SSSR count). The summed E-state index contributed by atoms with van der Waals surface area (Å²) in [6.45, 7) is 3.68. The predicted molar refractivity (Wildman–Crippen MR) is 67.9 cm³/mol. The molecule has 0 saturated carbocycles. The summed E-state index contributed by atoms with van der Waals surface area (Å²) in [7, 11) is 0. The molecule has 0 spiro atoms. The second kappa shape index (κ2) is 5.46. The van der Waals surface area contributed by atoms with Crippen LogP contribution >= 0.6 is 22.6 Å². The zero-order valence-corrected chi connectivity index (χ0v) is 10.9. The molecular formula is C11H14INO2. The van der Waals surface area contributed by atoms with Crippen LogP contribution in [-0.2, 0) is 0 Å². The first-order valence-corrected chi connectivity index (χ1v) is 5.81. The molecule has 0 aliphatic rings. The van der Waals surface area contributed by atoms with Crippen molar-refractivity contribution in [1.29, 1.82) is 0 Å². The van der Waals surface area contributed by atoms with Crippen LogP contribution in [0, 0.1) is 10.5 Å². The maximum atomic E-state index is 11.8. The first-order chi connectivity index (χ1) is 7.06. The fourth-order valence-electron chi connectivity index (χ4n) is 1.17. The SMILES string of the molecule is Cc1cccc(C(=O)N[C@H](C)CO)c1I. The second-order valence-electron chi connectivity index (χ2n) is 3.49. The van der Waals surface area contributed by atoms with Crippen LogP contribution in [0.15, 0.2) is 18.2 Å². The number of aryl methyl sites for hydroxylation is 1. The lowest BCUT2D eigenvalue weighted by Gasteiger charge is -2.12. The molecule has 1 amide bonds. The van der Waals surface area contributed by atoms with Gasteiger partial charge in [0, 0.05) is 9.61 Å². The summed E-state index contributed by atoms with van der Waals surface area (Å²) in [5.41, 5.74) is 1.75. The Morgan fingerprint density at radius 2 is 2.27 bits per heavy atom. The van der Waals surface area contributed by atoms with Crippen LogP contribution in [-0.4, -0.2) is 23.7 Å². The molecule has 1 aromatic carbocycles. The summed E-state index contributed by atoms with van der Waals surface area (Å²) in [4.78, 5) is 11.8. The average molecular weight is 319 g/mol. The first kappa shape index (κ1) is 12.4. The van der Waals surface area contributed by atoms with Crippen LogP contribution in [0.25, 0.3) is 0 Å². The van der Waals surface area contributed by atoms with E-state index in [4.69, 9.17) is 5.11 Å². The number of carbonyl (C=O) groups excluding carboxylic acids is 1. The van der Waals surface area contributed by atoms with Gasteiger partial charge >= 0.3 is 0 Å². The predicted octanol–water partition coefficient (Wildman–Crippen LogP) is 1.71. The van der Waals surface area contributed by atoms with E-state index in [0.29, 0.717) is 5.56 Å². The van der Waals surface area contributed by atoms with Crippen molar-refractivity contribution in [2.75, 3.05) is 6.61 Å². The highest BCUT2D eigenvalue weighted by Crippen LogP contribution is 2.16. The second-order valence-corrected chi connectivity index (χ2v) is 4.57. The van der Waals surface area contributed by atoms with E-state index < -0.39 is 0 Å². The van der Waals surface area contributed by atoms with E-state index in [1.54, 1.807) is 13.0 Å². The van der Waals surface area contributed by atoms with E-state index >= 15 is 0 Å². The maximum absolute atomic E-state index is 11.8. The summed E-state index contributed by atoms with van der Waals surface area (Å²) >= 11 is 2.16. The molecule has 82 valence electrons. The Bertz CT molecular complexity index is 366. The third-order valence-electron chi connectivity index (χ3n) is 2.09. The molecule has 15 heavy (non-hydrogen) atoms. The van der Waals surface area contributed by atoms with Crippen molar-refractivity contribution in [3.63, 3.8) is 0 Å². The van der Waals surface area contributed by atoms with Gasteiger partial charge in [0.15, 0.2) is 0 Å². The molecule has 0 bridgehead atoms. The van der Waals surface area contributed by atoms with Gasteiger partial charge in [0.2, 0.25) is 0 Å². The van der Waals surface area contributed by atoms with Crippen molar-refractivity contribution in [3.05, 3.63) is 32.9 Å². The Morgan fingerprint density at radius 1 is 1.60 bits per heavy atom. The van der Waals surface area contributed by atoms with Gasteiger partial charge in [-0.15, -0.1) is 0 Å². The molecule has 0 radical (unpaired) electrons. The molecule has 0 aromatic heterocycles. The number of benzene rings is 1. The van der Waals surface area contributed by atoms with Gasteiger partial charge in [-0.05, 0) is 48.1 Å². The lowest BCUT2D eigenvalue weighted by molar-refractivity contribution is 0.0921. The highest BCUT2D eigenvalue weighted by Gasteiger charge is 2.12. The van der Waals surface area contributed by atoms with Crippen molar-refractivity contribution in [2.24, 2.45) is 0 Å². The van der Waals surface area contributed by atoms with Gasteiger partial charge in [-0.3, -0.25) is 4.79 Å². The smallest absolute Gasteiger partial charge is 0.252 e. The molecular weight excluding hydrogens is 305 g/mol. The van der Waals surface area contributed by atoms with E-state index in [9.17, 15) is 4.79 Å². The molecule has 2 N–H and O–H groups in total. The third kappa shape index (κ3) is 3.17. The normalized spacial score (nSPS) is 12.3. The minimum atomic E-state index is -0.214. The molecule has 0 unspecified atom stereocenters. The van der Waals surface area contributed by atoms with Gasteiger partial charge in [0.05, 0.1) is 12.2 Å². The van der Waals surface area contributed by atoms with Crippen LogP contribution in [0.5, 0.6) is 0 Å². The summed E-state index contributed by atoms with van der Waals surface area (Å²) in [5, 5.41) is 11.6. The Balaban J connectivity index is 2.87. The van der Waals surface area contributed by atoms with Crippen LogP contribution in [0.1, 0.15) is 22.8 Å². The van der Waals surface area contributed by atoms with E-state index in [1.165, 1.54) is 0 Å². The molecule has 0 aliphatic heterocycles. The minimum Gasteiger partial charge on any atom is -0.394 e. The summed E-state index contributed by atoms with van der Waals surface area (Å²) in [6.07, 6.45) is 0. The molecule has 1 aromatic rings. The van der Waals surface area contributed by atoms with Crippen molar-refractivity contribution in [3.8, 4) is 0 Å². The van der Waals surface area contributed by atoms with Crippen molar-refractivity contribution < 1.29 is 9.90 Å². The number of carbonyl (C=O) groups is 1. The monoisotopic (exact) mass is 319 g/mol. The number of nitrogens with one attached hydrogen (secondary N) is 1. The van der Waals surface area contributed by atoms with Crippen LogP contribution in [0.2, 0.25) is 0 Å². The Labute approximate surface area is 103 Å². The number of aliphatic hydroxyl groups is 1. The maximum Gasteiger partial charge on any atom is 0.252 e. The number of amides is 1. The number of aliphatic hydroxyl groups excluding tert-OH is 1. The third-order valence-corrected chi connectivity index (χ3v) is 3.52. The molecule has 0 fully saturated rings. The number of hydrogen-bond acceptors (Lipinski definition) is 2. The van der Waals surface area contributed by atoms with Crippen molar-refractivity contribution in [1.82, 2.24) is 5.32 Å². The zero-order chi connectivity index (χ0) is 11.4. The fourth-order valence-corrected chi connectivity index (χ4v) is 1.77. The van der Waals surface area contributed by atoms with E-state index in [1.807, 2.05) is 19.1 Å². The van der Waals surface area contributed by atoms with Crippen LogP contribution in [0.4, 0.5) is 0 Å². The highest BCUT2D eigenvalue weighted by molar-refractivity contribution is 14.1. The molecule has 0 aliphatic carbocycles. The van der Waals surface area contributed by atoms with Crippen molar-refractivity contribution in [2.45, 2.75) is 19.9 Å². The van der Waals surface area contributed by atoms with Gasteiger partial charge < -0.3 is 10.4 Å². The summed E-state index contributed by atoms with van der Waals surface area (Å²) in [6, 6.07) is 5.40. The molecule has 0 saturated heterocycles. The lowest BCUT2D eigenvalue weighted by Crippen LogP contribution is -2.35. The van der Waals surface area contributed by atoms with Gasteiger partial charge in [0.25, 0.3) is 5.91 Å². The quantitative estimate of drug-likeness (QED) is 0.834. The lowest BCUT2D eigenvalue weighted by atomic mass is 10.1. The van der Waals surface area contributed by atoms with E-state index in [0.717, 1.165) is 9.13 Å². The highest BCUT2D eigenvalue weighted by atomic mass is 127. The summed E-state index contributed by atoms with van der Waals surface area (Å²) in [5.74, 6) is -0.135. The number of rotatable bonds is 3. The number of hydrogen-bond donors (Lipinski definition) is 2. The van der Waals surface area contributed by atoms with Gasteiger partial charge in [-0.1, -0.05) is 12.1 Å². The average Bonchev–Trinajstić information content (AvgIpc) is 2.21. The largest absolute Gasteiger partial charge is 0.394 e. The zero-order valence-electron chi connectivity index (χ0n) is 8.75. The van der Waals surface area contributed by atoms with Crippen LogP contribution < -0.4 is 5.32 Å². The molecule has 4 heteroatoms. The van der Waals surface area contributed by atoms with Crippen LogP contribution in [0.3, 0.4) is 0 Å². The Hall–Kier alpha value is -0.620.